The number of nitrogens with one attached hydrogen (secondary N) is 1. The van der Waals surface area contributed by atoms with E-state index in [1.54, 1.807) is 0 Å². The van der Waals surface area contributed by atoms with Crippen LogP contribution in [0.5, 0.6) is 0 Å². The van der Waals surface area contributed by atoms with Crippen LogP contribution in [0.25, 0.3) is 11.4 Å². The average molecular weight is 349 g/mol. The van der Waals surface area contributed by atoms with Gasteiger partial charge in [0.2, 0.25) is 11.7 Å². The second-order valence-corrected chi connectivity index (χ2v) is 6.31. The van der Waals surface area contributed by atoms with Crippen LogP contribution in [-0.2, 0) is 17.8 Å². The molecule has 0 atom stereocenters. The Kier molecular flexibility index (Phi) is 5.73. The Morgan fingerprint density at radius 2 is 1.88 bits per heavy atom. The smallest absolute Gasteiger partial charge is 0.248 e. The number of nitrogens with zero attached hydrogens (tertiary/aromatic N) is 4. The molecule has 0 aliphatic carbocycles. The van der Waals surface area contributed by atoms with Crippen LogP contribution in [0.1, 0.15) is 30.9 Å². The largest absolute Gasteiger partial charge is 0.324 e. The van der Waals surface area contributed by atoms with Gasteiger partial charge in [-0.15, -0.1) is 10.2 Å². The molecule has 3 aromatic rings. The summed E-state index contributed by atoms with van der Waals surface area (Å²) in [6, 6.07) is 15.8. The maximum atomic E-state index is 12.2. The Balaban J connectivity index is 1.59. The van der Waals surface area contributed by atoms with Crippen LogP contribution in [0.4, 0.5) is 5.69 Å². The first-order valence-electron chi connectivity index (χ1n) is 8.88. The molecular formula is C20H23N5O. The van der Waals surface area contributed by atoms with Gasteiger partial charge in [0.1, 0.15) is 6.54 Å². The number of tetrazole rings is 1. The molecule has 0 unspecified atom stereocenters. The minimum absolute atomic E-state index is 0.0243. The molecule has 3 rings (SSSR count). The van der Waals surface area contributed by atoms with E-state index in [0.29, 0.717) is 5.82 Å². The quantitative estimate of drug-likeness (QED) is 0.707. The highest BCUT2D eigenvalue weighted by Gasteiger charge is 2.11. The van der Waals surface area contributed by atoms with Crippen LogP contribution in [0.2, 0.25) is 0 Å². The third kappa shape index (κ3) is 4.53. The summed E-state index contributed by atoms with van der Waals surface area (Å²) in [6.45, 7) is 4.20. The lowest BCUT2D eigenvalue weighted by Crippen LogP contribution is -2.20. The molecule has 6 nitrogen and oxygen atoms in total. The summed E-state index contributed by atoms with van der Waals surface area (Å²) in [5.74, 6) is 0.344. The normalized spacial score (nSPS) is 10.7. The molecule has 2 aromatic carbocycles. The number of unbranched alkanes of at least 4 members (excludes halogenated alkanes) is 1. The Bertz CT molecular complexity index is 870. The van der Waals surface area contributed by atoms with Gasteiger partial charge in [0.25, 0.3) is 0 Å². The van der Waals surface area contributed by atoms with Gasteiger partial charge in [-0.2, -0.15) is 4.80 Å². The molecule has 0 spiro atoms. The Labute approximate surface area is 153 Å². The molecule has 0 aliphatic rings. The van der Waals surface area contributed by atoms with Crippen LogP contribution >= 0.6 is 0 Å². The predicted molar refractivity (Wildman–Crippen MR) is 102 cm³/mol. The topological polar surface area (TPSA) is 72.7 Å². The van der Waals surface area contributed by atoms with E-state index < -0.39 is 0 Å². The third-order valence-electron chi connectivity index (χ3n) is 4.18. The first-order chi connectivity index (χ1) is 12.7. The van der Waals surface area contributed by atoms with Crippen molar-refractivity contribution < 1.29 is 4.79 Å². The molecule has 1 amide bonds. The van der Waals surface area contributed by atoms with Gasteiger partial charge in [-0.3, -0.25) is 4.79 Å². The predicted octanol–water partition coefficient (Wildman–Crippen LogP) is 3.63. The van der Waals surface area contributed by atoms with Gasteiger partial charge < -0.3 is 5.32 Å². The lowest BCUT2D eigenvalue weighted by atomic mass is 10.1. The lowest BCUT2D eigenvalue weighted by molar-refractivity contribution is -0.117. The molecule has 0 fully saturated rings. The maximum absolute atomic E-state index is 12.2. The van der Waals surface area contributed by atoms with Crippen molar-refractivity contribution in [2.24, 2.45) is 0 Å². The zero-order chi connectivity index (χ0) is 18.4. The maximum Gasteiger partial charge on any atom is 0.248 e. The van der Waals surface area contributed by atoms with Crippen LogP contribution in [0.15, 0.2) is 48.5 Å². The Hall–Kier alpha value is -3.02. The lowest BCUT2D eigenvalue weighted by Gasteiger charge is -2.06. The fourth-order valence-corrected chi connectivity index (χ4v) is 2.71. The Morgan fingerprint density at radius 1 is 1.12 bits per heavy atom. The number of anilines is 1. The van der Waals surface area contributed by atoms with Crippen molar-refractivity contribution in [3.05, 3.63) is 59.7 Å². The number of hydrogen-bond acceptors (Lipinski definition) is 4. The summed E-state index contributed by atoms with van der Waals surface area (Å²) in [7, 11) is 0. The standard InChI is InChI=1S/C20H23N5O/c1-3-4-8-16-10-12-17(13-11-16)21-19(26)14-25-23-20(22-24-25)18-9-6-5-7-15(18)2/h5-7,9-13H,3-4,8,14H2,1-2H3,(H,21,26). The van der Waals surface area contributed by atoms with Crippen molar-refractivity contribution in [3.8, 4) is 11.4 Å². The molecular weight excluding hydrogens is 326 g/mol. The van der Waals surface area contributed by atoms with Crippen molar-refractivity contribution in [2.75, 3.05) is 5.32 Å². The van der Waals surface area contributed by atoms with Gasteiger partial charge in [0, 0.05) is 11.3 Å². The van der Waals surface area contributed by atoms with Gasteiger partial charge in [-0.25, -0.2) is 0 Å². The van der Waals surface area contributed by atoms with Gasteiger partial charge >= 0.3 is 0 Å². The van der Waals surface area contributed by atoms with Crippen LogP contribution in [0, 0.1) is 6.92 Å². The zero-order valence-electron chi connectivity index (χ0n) is 15.1. The molecule has 0 bridgehead atoms. The number of aryl methyl sites for hydroxylation is 2. The Morgan fingerprint density at radius 3 is 2.62 bits per heavy atom. The average Bonchev–Trinajstić information content (AvgIpc) is 3.09. The van der Waals surface area contributed by atoms with E-state index in [0.717, 1.165) is 23.2 Å². The number of benzene rings is 2. The minimum atomic E-state index is -0.181. The number of carbonyl (C=O) groups is 1. The van der Waals surface area contributed by atoms with Gasteiger partial charge in [-0.05, 0) is 48.2 Å². The van der Waals surface area contributed by atoms with Crippen molar-refractivity contribution in [1.82, 2.24) is 20.2 Å². The number of aromatic nitrogens is 4. The minimum Gasteiger partial charge on any atom is -0.324 e. The van der Waals surface area contributed by atoms with Crippen LogP contribution in [-0.4, -0.2) is 26.1 Å². The fraction of sp³-hybridized carbons (Fsp3) is 0.300. The summed E-state index contributed by atoms with van der Waals surface area (Å²) < 4.78 is 0. The molecule has 26 heavy (non-hydrogen) atoms. The van der Waals surface area contributed by atoms with E-state index in [1.165, 1.54) is 23.2 Å². The van der Waals surface area contributed by atoms with Crippen molar-refractivity contribution in [3.63, 3.8) is 0 Å². The van der Waals surface area contributed by atoms with E-state index in [1.807, 2.05) is 43.3 Å². The molecule has 1 N–H and O–H groups in total. The monoisotopic (exact) mass is 349 g/mol. The van der Waals surface area contributed by atoms with E-state index in [-0.39, 0.29) is 12.5 Å². The van der Waals surface area contributed by atoms with Crippen LogP contribution < -0.4 is 5.32 Å². The van der Waals surface area contributed by atoms with E-state index >= 15 is 0 Å². The van der Waals surface area contributed by atoms with Gasteiger partial charge in [0.05, 0.1) is 0 Å². The van der Waals surface area contributed by atoms with Crippen molar-refractivity contribution >= 4 is 11.6 Å². The highest BCUT2D eigenvalue weighted by molar-refractivity contribution is 5.90. The van der Waals surface area contributed by atoms with Gasteiger partial charge in [-0.1, -0.05) is 49.7 Å². The van der Waals surface area contributed by atoms with Crippen molar-refractivity contribution in [1.29, 1.82) is 0 Å². The molecule has 0 aliphatic heterocycles. The molecule has 1 heterocycles. The second kappa shape index (κ2) is 8.38. The zero-order valence-corrected chi connectivity index (χ0v) is 15.1. The van der Waals surface area contributed by atoms with E-state index in [4.69, 9.17) is 0 Å². The number of rotatable bonds is 7. The molecule has 6 heteroatoms. The van der Waals surface area contributed by atoms with E-state index in [9.17, 15) is 4.79 Å². The summed E-state index contributed by atoms with van der Waals surface area (Å²) in [5, 5.41) is 15.2. The molecule has 134 valence electrons. The molecule has 0 saturated heterocycles. The number of hydrogen-bond donors (Lipinski definition) is 1. The third-order valence-corrected chi connectivity index (χ3v) is 4.18. The highest BCUT2D eigenvalue weighted by Crippen LogP contribution is 2.18. The first-order valence-corrected chi connectivity index (χ1v) is 8.88. The summed E-state index contributed by atoms with van der Waals surface area (Å²) in [5.41, 5.74) is 4.04. The summed E-state index contributed by atoms with van der Waals surface area (Å²) in [6.07, 6.45) is 3.41. The van der Waals surface area contributed by atoms with Gasteiger partial charge in [0.15, 0.2) is 0 Å². The summed E-state index contributed by atoms with van der Waals surface area (Å²) >= 11 is 0. The highest BCUT2D eigenvalue weighted by atomic mass is 16.2. The van der Waals surface area contributed by atoms with Crippen LogP contribution in [0.3, 0.4) is 0 Å². The van der Waals surface area contributed by atoms with Crippen molar-refractivity contribution in [2.45, 2.75) is 39.7 Å². The van der Waals surface area contributed by atoms with E-state index in [2.05, 4.69) is 39.8 Å². The number of amides is 1. The molecule has 0 radical (unpaired) electrons. The second-order valence-electron chi connectivity index (χ2n) is 6.31. The fourth-order valence-electron chi connectivity index (χ4n) is 2.71. The summed E-state index contributed by atoms with van der Waals surface area (Å²) in [4.78, 5) is 13.5. The molecule has 1 aromatic heterocycles. The first kappa shape index (κ1) is 17.8. The SMILES string of the molecule is CCCCc1ccc(NC(=O)Cn2nnc(-c3ccccc3C)n2)cc1. The number of carbonyl (C=O) groups excluding carboxylic acids is 1. The molecule has 0 saturated carbocycles.